The molecule has 20 heavy (non-hydrogen) atoms. The zero-order chi connectivity index (χ0) is 14.1. The monoisotopic (exact) mass is 286 g/mol. The number of aromatic nitrogens is 2. The van der Waals surface area contributed by atoms with E-state index in [9.17, 15) is 5.26 Å². The quantitative estimate of drug-likeness (QED) is 0.882. The van der Waals surface area contributed by atoms with Gasteiger partial charge in [-0.25, -0.2) is 0 Å². The van der Waals surface area contributed by atoms with Gasteiger partial charge >= 0.3 is 0 Å². The van der Waals surface area contributed by atoms with Crippen LogP contribution in [0.3, 0.4) is 0 Å². The van der Waals surface area contributed by atoms with Crippen LogP contribution in [0.2, 0.25) is 0 Å². The molecular weight excluding hydrogens is 268 g/mol. The van der Waals surface area contributed by atoms with E-state index in [4.69, 9.17) is 12.2 Å². The topological polar surface area (TPSA) is 47.8 Å². The van der Waals surface area contributed by atoms with Gasteiger partial charge in [0.15, 0.2) is 4.77 Å². The number of imidazole rings is 1. The number of rotatable bonds is 3. The summed E-state index contributed by atoms with van der Waals surface area (Å²) in [6, 6.07) is 8.56. The molecule has 1 aromatic carbocycles. The van der Waals surface area contributed by atoms with Crippen molar-refractivity contribution in [3.8, 4) is 6.07 Å². The molecule has 0 spiro atoms. The lowest BCUT2D eigenvalue weighted by Gasteiger charge is -2.23. The van der Waals surface area contributed by atoms with Crippen LogP contribution in [0.4, 0.5) is 0 Å². The first kappa shape index (κ1) is 13.3. The van der Waals surface area contributed by atoms with E-state index >= 15 is 0 Å². The average molecular weight is 286 g/mol. The van der Waals surface area contributed by atoms with Crippen molar-refractivity contribution in [3.63, 3.8) is 0 Å². The van der Waals surface area contributed by atoms with Crippen LogP contribution >= 0.6 is 12.2 Å². The molecule has 2 heterocycles. The summed E-state index contributed by atoms with van der Waals surface area (Å²) in [5.41, 5.74) is 2.56. The predicted molar refractivity (Wildman–Crippen MR) is 82.1 cm³/mol. The Bertz CT molecular complexity index is 722. The largest absolute Gasteiger partial charge is 0.329 e. The van der Waals surface area contributed by atoms with Gasteiger partial charge in [-0.3, -0.25) is 4.90 Å². The minimum atomic E-state index is 0.552. The Morgan fingerprint density at radius 3 is 3.10 bits per heavy atom. The molecule has 1 aliphatic rings. The average Bonchev–Trinajstić information content (AvgIpc) is 3.04. The van der Waals surface area contributed by atoms with Crippen molar-refractivity contribution < 1.29 is 0 Å². The van der Waals surface area contributed by atoms with Crippen molar-refractivity contribution in [1.82, 2.24) is 14.5 Å². The number of para-hydroxylation sites is 1. The Morgan fingerprint density at radius 1 is 1.50 bits per heavy atom. The highest BCUT2D eigenvalue weighted by Crippen LogP contribution is 2.23. The number of benzene rings is 1. The molecule has 104 valence electrons. The van der Waals surface area contributed by atoms with Gasteiger partial charge in [-0.15, -0.1) is 0 Å². The van der Waals surface area contributed by atoms with E-state index in [1.165, 1.54) is 19.4 Å². The minimum Gasteiger partial charge on any atom is -0.329 e. The van der Waals surface area contributed by atoms with Gasteiger partial charge in [0.1, 0.15) is 6.07 Å². The predicted octanol–water partition coefficient (Wildman–Crippen LogP) is 3.05. The summed E-state index contributed by atoms with van der Waals surface area (Å²) in [6.45, 7) is 5.38. The Hall–Kier alpha value is -1.64. The maximum Gasteiger partial charge on any atom is 0.178 e. The Balaban J connectivity index is 2.02. The van der Waals surface area contributed by atoms with E-state index in [2.05, 4.69) is 27.4 Å². The van der Waals surface area contributed by atoms with Crippen molar-refractivity contribution in [1.29, 1.82) is 5.26 Å². The lowest BCUT2D eigenvalue weighted by atomic mass is 10.2. The number of nitrogens with one attached hydrogen (secondary N) is 1. The number of H-pyrrole nitrogens is 1. The molecular formula is C15H18N4S. The smallest absolute Gasteiger partial charge is 0.178 e. The highest BCUT2D eigenvalue weighted by molar-refractivity contribution is 7.71. The van der Waals surface area contributed by atoms with Crippen LogP contribution in [-0.4, -0.2) is 33.6 Å². The third-order valence-corrected chi connectivity index (χ3v) is 4.55. The van der Waals surface area contributed by atoms with Crippen LogP contribution in [0.25, 0.3) is 11.0 Å². The molecule has 1 unspecified atom stereocenters. The molecule has 1 N–H and O–H groups in total. The maximum absolute atomic E-state index is 9.18. The number of nitriles is 1. The number of fused-ring (bicyclic) bond motifs is 1. The zero-order valence-electron chi connectivity index (χ0n) is 11.6. The van der Waals surface area contributed by atoms with Crippen LogP contribution in [0.5, 0.6) is 0 Å². The first-order valence-corrected chi connectivity index (χ1v) is 7.51. The summed E-state index contributed by atoms with van der Waals surface area (Å²) >= 11 is 5.45. The molecule has 0 amide bonds. The van der Waals surface area contributed by atoms with Crippen molar-refractivity contribution in [2.24, 2.45) is 0 Å². The second-order valence-corrected chi connectivity index (χ2v) is 5.66. The summed E-state index contributed by atoms with van der Waals surface area (Å²) in [7, 11) is 0. The second-order valence-electron chi connectivity index (χ2n) is 5.28. The molecule has 3 rings (SSSR count). The molecule has 0 bridgehead atoms. The molecule has 1 atom stereocenters. The summed E-state index contributed by atoms with van der Waals surface area (Å²) in [5, 5.41) is 9.18. The highest BCUT2D eigenvalue weighted by atomic mass is 32.1. The first-order valence-electron chi connectivity index (χ1n) is 7.10. The Kier molecular flexibility index (Phi) is 3.60. The molecule has 1 aliphatic heterocycles. The first-order chi connectivity index (χ1) is 9.74. The van der Waals surface area contributed by atoms with Crippen molar-refractivity contribution >= 4 is 23.3 Å². The number of likely N-dealkylation sites (tertiary alicyclic amines) is 1. The number of aromatic amines is 1. The molecule has 5 heteroatoms. The molecule has 1 saturated heterocycles. The number of nitrogens with zero attached hydrogens (tertiary/aromatic N) is 3. The minimum absolute atomic E-state index is 0.552. The zero-order valence-corrected chi connectivity index (χ0v) is 12.4. The van der Waals surface area contributed by atoms with Crippen molar-refractivity contribution in [3.05, 3.63) is 28.5 Å². The van der Waals surface area contributed by atoms with E-state index in [0.717, 1.165) is 24.1 Å². The van der Waals surface area contributed by atoms with Gasteiger partial charge in [-0.05, 0) is 50.3 Å². The van der Waals surface area contributed by atoms with Gasteiger partial charge in [0, 0.05) is 12.6 Å². The van der Waals surface area contributed by atoms with E-state index in [0.29, 0.717) is 16.4 Å². The van der Waals surface area contributed by atoms with E-state index in [1.807, 2.05) is 18.2 Å². The fourth-order valence-electron chi connectivity index (χ4n) is 3.18. The SMILES string of the molecule is CCN1CCCC1Cn1c(=S)[nH]c2c(C#N)cccc21. The van der Waals surface area contributed by atoms with Crippen molar-refractivity contribution in [2.45, 2.75) is 32.4 Å². The Labute approximate surface area is 123 Å². The molecule has 4 nitrogen and oxygen atoms in total. The van der Waals surface area contributed by atoms with Gasteiger partial charge < -0.3 is 9.55 Å². The third kappa shape index (κ3) is 2.15. The number of hydrogen-bond donors (Lipinski definition) is 1. The summed E-state index contributed by atoms with van der Waals surface area (Å²) < 4.78 is 2.86. The maximum atomic E-state index is 9.18. The molecule has 1 fully saturated rings. The second kappa shape index (κ2) is 5.39. The third-order valence-electron chi connectivity index (χ3n) is 4.23. The lowest BCUT2D eigenvalue weighted by molar-refractivity contribution is 0.245. The van der Waals surface area contributed by atoms with E-state index in [1.54, 1.807) is 0 Å². The summed E-state index contributed by atoms with van der Waals surface area (Å²) in [6.07, 6.45) is 2.48. The standard InChI is InChI=1S/C15H18N4S/c1-2-18-8-4-6-12(18)10-19-13-7-3-5-11(9-16)14(13)17-15(19)20/h3,5,7,12H,2,4,6,8,10H2,1H3,(H,17,20). The summed E-state index contributed by atoms with van der Waals surface area (Å²) in [4.78, 5) is 5.70. The van der Waals surface area contributed by atoms with Gasteiger partial charge in [-0.1, -0.05) is 13.0 Å². The fourth-order valence-corrected chi connectivity index (χ4v) is 3.46. The van der Waals surface area contributed by atoms with Gasteiger partial charge in [0.2, 0.25) is 0 Å². The molecule has 1 aromatic heterocycles. The summed E-state index contributed by atoms with van der Waals surface area (Å²) in [5.74, 6) is 0. The van der Waals surface area contributed by atoms with Crippen LogP contribution in [0.15, 0.2) is 18.2 Å². The van der Waals surface area contributed by atoms with Gasteiger partial charge in [0.25, 0.3) is 0 Å². The molecule has 0 radical (unpaired) electrons. The normalized spacial score (nSPS) is 19.5. The van der Waals surface area contributed by atoms with E-state index in [-0.39, 0.29) is 0 Å². The molecule has 0 aliphatic carbocycles. The molecule has 0 saturated carbocycles. The van der Waals surface area contributed by atoms with Crippen molar-refractivity contribution in [2.75, 3.05) is 13.1 Å². The van der Waals surface area contributed by atoms with Crippen LogP contribution < -0.4 is 0 Å². The fraction of sp³-hybridized carbons (Fsp3) is 0.467. The number of likely N-dealkylation sites (N-methyl/N-ethyl adjacent to an activating group) is 1. The van der Waals surface area contributed by atoms with Crippen LogP contribution in [0.1, 0.15) is 25.3 Å². The van der Waals surface area contributed by atoms with E-state index < -0.39 is 0 Å². The highest BCUT2D eigenvalue weighted by Gasteiger charge is 2.24. The van der Waals surface area contributed by atoms with Crippen LogP contribution in [-0.2, 0) is 6.54 Å². The molecule has 2 aromatic rings. The Morgan fingerprint density at radius 2 is 2.35 bits per heavy atom. The number of hydrogen-bond acceptors (Lipinski definition) is 3. The lowest BCUT2D eigenvalue weighted by Crippen LogP contribution is -2.32. The van der Waals surface area contributed by atoms with Gasteiger partial charge in [0.05, 0.1) is 16.6 Å². The van der Waals surface area contributed by atoms with Crippen LogP contribution in [0, 0.1) is 16.1 Å². The van der Waals surface area contributed by atoms with Gasteiger partial charge in [-0.2, -0.15) is 5.26 Å².